The Labute approximate surface area is 294 Å². The largest absolute Gasteiger partial charge is 0.444 e. The minimum absolute atomic E-state index is 0.227. The number of carbonyl (C=O) groups excluding carboxylic acids is 5. The first-order valence-corrected chi connectivity index (χ1v) is 16.8. The molecule has 50 heavy (non-hydrogen) atoms. The molecule has 0 spiro atoms. The van der Waals surface area contributed by atoms with Gasteiger partial charge in [-0.3, -0.25) is 9.36 Å². The van der Waals surface area contributed by atoms with E-state index in [1.807, 2.05) is 41.5 Å². The average molecular weight is 703 g/mol. The number of amides is 2. The summed E-state index contributed by atoms with van der Waals surface area (Å²) in [5.41, 5.74) is 1.33. The fourth-order valence-electron chi connectivity index (χ4n) is 5.39. The number of nitrogens with zero attached hydrogens (tertiary/aromatic N) is 4. The van der Waals surface area contributed by atoms with Crippen LogP contribution in [0, 0.1) is 0 Å². The smallest absolute Gasteiger partial charge is 0.419 e. The standard InChI is InChI=1S/C18H28N2O5.C18H26N2O5/c2*1-17(2,3)24-15(22)19-8-7-14-12(10-19)9-13(11-21)20(14)16(23)25-18(4,5)6/h9,21H,7-8,10-11H2,1-6H3;9,11H,7-8,10H2,1-6H3. The van der Waals surface area contributed by atoms with Crippen molar-refractivity contribution in [2.24, 2.45) is 0 Å². The summed E-state index contributed by atoms with van der Waals surface area (Å²) in [7, 11) is 0. The minimum Gasteiger partial charge on any atom is -0.444 e. The number of aliphatic hydroxyl groups excluding tert-OH is 1. The lowest BCUT2D eigenvalue weighted by Crippen LogP contribution is -2.40. The fraction of sp³-hybridized carbons (Fsp3) is 0.639. The third-order valence-electron chi connectivity index (χ3n) is 7.19. The van der Waals surface area contributed by atoms with Gasteiger partial charge in [0, 0.05) is 37.3 Å². The summed E-state index contributed by atoms with van der Waals surface area (Å²) in [5, 5.41) is 9.61. The van der Waals surface area contributed by atoms with Crippen LogP contribution in [0.15, 0.2) is 12.1 Å². The van der Waals surface area contributed by atoms with Crippen LogP contribution in [-0.4, -0.2) is 90.2 Å². The molecule has 14 nitrogen and oxygen atoms in total. The number of aldehydes is 1. The lowest BCUT2D eigenvalue weighted by Gasteiger charge is -2.30. The first-order chi connectivity index (χ1) is 22.8. The summed E-state index contributed by atoms with van der Waals surface area (Å²) >= 11 is 0. The van der Waals surface area contributed by atoms with Crippen LogP contribution in [0.2, 0.25) is 0 Å². The molecule has 1 N–H and O–H groups in total. The highest BCUT2D eigenvalue weighted by molar-refractivity contribution is 5.84. The molecule has 2 aromatic heterocycles. The van der Waals surface area contributed by atoms with Gasteiger partial charge in [0.1, 0.15) is 22.4 Å². The molecule has 2 aromatic rings. The van der Waals surface area contributed by atoms with Crippen LogP contribution >= 0.6 is 0 Å². The first kappa shape index (κ1) is 40.1. The van der Waals surface area contributed by atoms with E-state index in [4.69, 9.17) is 18.9 Å². The molecule has 2 aliphatic heterocycles. The van der Waals surface area contributed by atoms with Crippen molar-refractivity contribution in [3.63, 3.8) is 0 Å². The Bertz CT molecular complexity index is 1590. The topological polar surface area (TPSA) is 159 Å². The molecule has 0 saturated heterocycles. The number of hydrogen-bond donors (Lipinski definition) is 1. The number of carbonyl (C=O) groups is 5. The van der Waals surface area contributed by atoms with Crippen molar-refractivity contribution in [2.45, 2.75) is 138 Å². The van der Waals surface area contributed by atoms with Crippen molar-refractivity contribution in [2.75, 3.05) is 13.1 Å². The predicted molar refractivity (Wildman–Crippen MR) is 184 cm³/mol. The van der Waals surface area contributed by atoms with Gasteiger partial charge in [0.05, 0.1) is 31.1 Å². The molecule has 0 fully saturated rings. The zero-order chi connectivity index (χ0) is 38.0. The van der Waals surface area contributed by atoms with Gasteiger partial charge in [0.2, 0.25) is 0 Å². The molecule has 4 heterocycles. The molecule has 0 aromatic carbocycles. The average Bonchev–Trinajstić information content (AvgIpc) is 3.51. The van der Waals surface area contributed by atoms with Gasteiger partial charge in [-0.2, -0.15) is 0 Å². The van der Waals surface area contributed by atoms with Crippen molar-refractivity contribution in [1.29, 1.82) is 0 Å². The molecule has 0 aliphatic carbocycles. The Balaban J connectivity index is 0.000000270. The van der Waals surface area contributed by atoms with Crippen molar-refractivity contribution in [1.82, 2.24) is 18.9 Å². The second-order valence-electron chi connectivity index (χ2n) is 16.4. The Morgan fingerprint density at radius 2 is 0.980 bits per heavy atom. The van der Waals surface area contributed by atoms with Crippen molar-refractivity contribution < 1.29 is 48.0 Å². The van der Waals surface area contributed by atoms with Gasteiger partial charge >= 0.3 is 24.4 Å². The third kappa shape index (κ3) is 10.8. The van der Waals surface area contributed by atoms with E-state index in [1.165, 1.54) is 9.13 Å². The fourth-order valence-corrected chi connectivity index (χ4v) is 5.39. The molecule has 4 rings (SSSR count). The predicted octanol–water partition coefficient (Wildman–Crippen LogP) is 6.43. The van der Waals surface area contributed by atoms with Gasteiger partial charge in [0.15, 0.2) is 6.29 Å². The van der Waals surface area contributed by atoms with Crippen molar-refractivity contribution in [3.05, 3.63) is 46.0 Å². The lowest BCUT2D eigenvalue weighted by molar-refractivity contribution is 0.0210. The van der Waals surface area contributed by atoms with E-state index in [2.05, 4.69) is 0 Å². The zero-order valence-corrected chi connectivity index (χ0v) is 31.6. The number of ether oxygens (including phenoxy) is 4. The molecule has 2 amide bonds. The summed E-state index contributed by atoms with van der Waals surface area (Å²) in [6.07, 6.45) is -0.315. The highest BCUT2D eigenvalue weighted by Gasteiger charge is 2.33. The van der Waals surface area contributed by atoms with Gasteiger partial charge in [-0.05, 0) is 106 Å². The molecule has 2 aliphatic rings. The normalized spacial score (nSPS) is 14.8. The van der Waals surface area contributed by atoms with Crippen molar-refractivity contribution in [3.8, 4) is 0 Å². The second kappa shape index (κ2) is 14.9. The summed E-state index contributed by atoms with van der Waals surface area (Å²) in [4.78, 5) is 64.0. The van der Waals surface area contributed by atoms with Crippen LogP contribution in [0.4, 0.5) is 19.2 Å². The minimum atomic E-state index is -0.661. The maximum Gasteiger partial charge on any atom is 0.419 e. The number of aliphatic hydroxyl groups is 1. The van der Waals surface area contributed by atoms with E-state index in [0.29, 0.717) is 56.7 Å². The Morgan fingerprint density at radius 3 is 1.36 bits per heavy atom. The molecule has 14 heteroatoms. The Hall–Kier alpha value is -4.33. The molecular weight excluding hydrogens is 648 g/mol. The molecule has 278 valence electrons. The van der Waals surface area contributed by atoms with Gasteiger partial charge in [-0.15, -0.1) is 0 Å². The summed E-state index contributed by atoms with van der Waals surface area (Å²) < 4.78 is 24.4. The van der Waals surface area contributed by atoms with E-state index in [9.17, 15) is 29.1 Å². The van der Waals surface area contributed by atoms with Crippen LogP contribution < -0.4 is 0 Å². The van der Waals surface area contributed by atoms with Gasteiger partial charge in [-0.1, -0.05) is 0 Å². The molecule has 0 bridgehead atoms. The van der Waals surface area contributed by atoms with E-state index in [-0.39, 0.29) is 18.4 Å². The second-order valence-corrected chi connectivity index (χ2v) is 16.4. The van der Waals surface area contributed by atoms with Crippen LogP contribution in [0.1, 0.15) is 122 Å². The van der Waals surface area contributed by atoms with Gasteiger partial charge < -0.3 is 33.9 Å². The van der Waals surface area contributed by atoms with E-state index in [1.54, 1.807) is 63.5 Å². The number of hydrogen-bond acceptors (Lipinski definition) is 10. The maximum absolute atomic E-state index is 12.5. The number of aromatic nitrogens is 2. The summed E-state index contributed by atoms with van der Waals surface area (Å²) in [6, 6.07) is 3.37. The molecular formula is C36H54N4O10. The van der Waals surface area contributed by atoms with Crippen LogP contribution in [-0.2, 0) is 51.5 Å². The van der Waals surface area contributed by atoms with E-state index < -0.39 is 40.7 Å². The third-order valence-corrected chi connectivity index (χ3v) is 7.19. The summed E-state index contributed by atoms with van der Waals surface area (Å²) in [5.74, 6) is 0. The highest BCUT2D eigenvalue weighted by atomic mass is 16.6. The quantitative estimate of drug-likeness (QED) is 0.273. The summed E-state index contributed by atoms with van der Waals surface area (Å²) in [6.45, 7) is 22.8. The highest BCUT2D eigenvalue weighted by Crippen LogP contribution is 2.27. The van der Waals surface area contributed by atoms with Crippen LogP contribution in [0.25, 0.3) is 0 Å². The Kier molecular flexibility index (Phi) is 11.9. The van der Waals surface area contributed by atoms with E-state index in [0.717, 1.165) is 16.8 Å². The maximum atomic E-state index is 12.5. The zero-order valence-electron chi connectivity index (χ0n) is 31.6. The number of fused-ring (bicyclic) bond motifs is 2. The van der Waals surface area contributed by atoms with Gasteiger partial charge in [0.25, 0.3) is 0 Å². The van der Waals surface area contributed by atoms with Gasteiger partial charge in [-0.25, -0.2) is 23.7 Å². The molecule has 0 radical (unpaired) electrons. The number of rotatable bonds is 2. The van der Waals surface area contributed by atoms with Crippen molar-refractivity contribution >= 4 is 30.7 Å². The SMILES string of the molecule is CC(C)(C)OC(=O)N1CCc2c(cc(C=O)n2C(=O)OC(C)(C)C)C1.CC(C)(C)OC(=O)N1CCc2c(cc(CO)n2C(=O)OC(C)(C)C)C1. The first-order valence-electron chi connectivity index (χ1n) is 16.8. The molecule has 0 atom stereocenters. The molecule has 0 saturated carbocycles. The van der Waals surface area contributed by atoms with Crippen LogP contribution in [0.3, 0.4) is 0 Å². The Morgan fingerprint density at radius 1 is 0.620 bits per heavy atom. The lowest BCUT2D eigenvalue weighted by atomic mass is 10.1. The monoisotopic (exact) mass is 702 g/mol. The van der Waals surface area contributed by atoms with Crippen LogP contribution in [0.5, 0.6) is 0 Å². The van der Waals surface area contributed by atoms with E-state index >= 15 is 0 Å². The molecule has 0 unspecified atom stereocenters.